The quantitative estimate of drug-likeness (QED) is 0.381. The first-order valence-electron chi connectivity index (χ1n) is 9.52. The van der Waals surface area contributed by atoms with Crippen LogP contribution in [0.3, 0.4) is 0 Å². The maximum Gasteiger partial charge on any atom is 0.517 e. The Hall–Kier alpha value is 0.0769. The minimum absolute atomic E-state index is 0.245. The summed E-state index contributed by atoms with van der Waals surface area (Å²) < 4.78 is 17.5. The monoisotopic (exact) mass is 377 g/mol. The summed E-state index contributed by atoms with van der Waals surface area (Å²) >= 11 is 1.45. The molecule has 0 aromatic carbocycles. The van der Waals surface area contributed by atoms with Crippen LogP contribution in [0, 0.1) is 0 Å². The lowest BCUT2D eigenvalue weighted by Gasteiger charge is -2.36. The van der Waals surface area contributed by atoms with E-state index in [0.29, 0.717) is 24.7 Å². The molecule has 1 heterocycles. The fraction of sp³-hybridized carbons (Fsp3) is 0.941. The van der Waals surface area contributed by atoms with Crippen LogP contribution in [0.5, 0.6) is 0 Å². The van der Waals surface area contributed by atoms with Gasteiger partial charge in [0.2, 0.25) is 0 Å². The Bertz CT molecular complexity index is 339. The molecule has 0 bridgehead atoms. The molecular weight excluding hydrogens is 342 g/mol. The summed E-state index contributed by atoms with van der Waals surface area (Å²) in [7, 11) is -2.59. The molecule has 24 heavy (non-hydrogen) atoms. The second-order valence-electron chi connectivity index (χ2n) is 6.24. The molecule has 5 nitrogen and oxygen atoms in total. The van der Waals surface area contributed by atoms with Crippen LogP contribution in [0.15, 0.2) is 0 Å². The van der Waals surface area contributed by atoms with Crippen LogP contribution in [-0.4, -0.2) is 38.9 Å². The number of rotatable bonds is 13. The van der Waals surface area contributed by atoms with Gasteiger partial charge in [-0.3, -0.25) is 9.32 Å². The Balaban J connectivity index is 2.16. The van der Waals surface area contributed by atoms with Crippen molar-refractivity contribution in [3.05, 3.63) is 0 Å². The van der Waals surface area contributed by atoms with Gasteiger partial charge in [-0.05, 0) is 26.2 Å². The molecule has 142 valence electrons. The van der Waals surface area contributed by atoms with Crippen molar-refractivity contribution in [1.29, 1.82) is 0 Å². The summed E-state index contributed by atoms with van der Waals surface area (Å²) in [5.41, 5.74) is 3.08. The molecule has 2 unspecified atom stereocenters. The third-order valence-corrected chi connectivity index (χ3v) is 7.87. The highest BCUT2D eigenvalue weighted by Gasteiger charge is 2.44. The third kappa shape index (κ3) is 8.96. The van der Waals surface area contributed by atoms with E-state index < -0.39 is 8.80 Å². The van der Waals surface area contributed by atoms with Crippen LogP contribution < -0.4 is 5.48 Å². The second kappa shape index (κ2) is 13.3. The van der Waals surface area contributed by atoms with E-state index in [2.05, 4.69) is 19.3 Å². The normalized spacial score (nSPS) is 24.2. The van der Waals surface area contributed by atoms with Crippen molar-refractivity contribution in [1.82, 2.24) is 5.48 Å². The molecule has 0 aliphatic carbocycles. The zero-order valence-electron chi connectivity index (χ0n) is 15.6. The van der Waals surface area contributed by atoms with Crippen molar-refractivity contribution < 1.29 is 18.2 Å². The van der Waals surface area contributed by atoms with Gasteiger partial charge < -0.3 is 8.85 Å². The Labute approximate surface area is 152 Å². The first kappa shape index (κ1) is 22.1. The lowest BCUT2D eigenvalue weighted by atomic mass is 10.1. The Kier molecular flexibility index (Phi) is 12.3. The number of carbonyl (C=O) groups excluding carboxylic acids is 1. The van der Waals surface area contributed by atoms with E-state index in [9.17, 15) is 4.79 Å². The van der Waals surface area contributed by atoms with Gasteiger partial charge in [-0.25, -0.2) is 5.48 Å². The molecular formula is C17H35NO4SSi. The average Bonchev–Trinajstić information content (AvgIpc) is 2.60. The lowest BCUT2D eigenvalue weighted by Crippen LogP contribution is -2.58. The molecule has 0 aromatic heterocycles. The summed E-state index contributed by atoms with van der Waals surface area (Å²) in [5, 5.41) is 0.313. The zero-order valence-corrected chi connectivity index (χ0v) is 17.4. The van der Waals surface area contributed by atoms with Gasteiger partial charge in [-0.2, -0.15) is 0 Å². The summed E-state index contributed by atoms with van der Waals surface area (Å²) in [4.78, 5) is 11.9. The fourth-order valence-corrected chi connectivity index (χ4v) is 6.08. The Morgan fingerprint density at radius 1 is 1.21 bits per heavy atom. The third-order valence-electron chi connectivity index (χ3n) is 4.12. The van der Waals surface area contributed by atoms with Crippen LogP contribution in [0.1, 0.15) is 72.1 Å². The van der Waals surface area contributed by atoms with Gasteiger partial charge in [0.25, 0.3) is 0 Å². The van der Waals surface area contributed by atoms with E-state index in [-0.39, 0.29) is 6.04 Å². The molecule has 0 saturated carbocycles. The number of nitrogens with one attached hydrogen (secondary N) is 1. The minimum Gasteiger partial charge on any atom is -0.373 e. The van der Waals surface area contributed by atoms with Crippen molar-refractivity contribution in [2.45, 2.75) is 84.2 Å². The Morgan fingerprint density at radius 2 is 2.00 bits per heavy atom. The predicted molar refractivity (Wildman–Crippen MR) is 102 cm³/mol. The van der Waals surface area contributed by atoms with Crippen molar-refractivity contribution in [3.63, 3.8) is 0 Å². The molecule has 1 saturated heterocycles. The predicted octanol–water partition coefficient (Wildman–Crippen LogP) is 4.30. The fourth-order valence-electron chi connectivity index (χ4n) is 2.57. The number of hydrogen-bond acceptors (Lipinski definition) is 6. The maximum atomic E-state index is 11.9. The second-order valence-corrected chi connectivity index (χ2v) is 10.0. The first-order valence-corrected chi connectivity index (χ1v) is 12.4. The molecule has 7 heteroatoms. The van der Waals surface area contributed by atoms with Crippen molar-refractivity contribution >= 4 is 25.7 Å². The van der Waals surface area contributed by atoms with Crippen LogP contribution >= 0.6 is 11.8 Å². The van der Waals surface area contributed by atoms with E-state index in [4.69, 9.17) is 13.4 Å². The van der Waals surface area contributed by atoms with Crippen LogP contribution in [0.4, 0.5) is 0 Å². The van der Waals surface area contributed by atoms with E-state index in [1.165, 1.54) is 37.4 Å². The number of hydrogen-bond donors (Lipinski definition) is 1. The van der Waals surface area contributed by atoms with Crippen molar-refractivity contribution in [3.8, 4) is 0 Å². The highest BCUT2D eigenvalue weighted by atomic mass is 32.2. The number of unbranched alkanes of at least 4 members (excludes halogenated alkanes) is 4. The van der Waals surface area contributed by atoms with E-state index >= 15 is 0 Å². The molecule has 1 aliphatic rings. The molecule has 1 fully saturated rings. The average molecular weight is 378 g/mol. The van der Waals surface area contributed by atoms with Gasteiger partial charge in [0.1, 0.15) is 0 Å². The molecule has 1 aliphatic heterocycles. The number of carbonyl (C=O) groups is 1. The van der Waals surface area contributed by atoms with Gasteiger partial charge in [0, 0.05) is 24.8 Å². The molecule has 2 atom stereocenters. The molecule has 1 rings (SSSR count). The summed E-state index contributed by atoms with van der Waals surface area (Å²) in [6.45, 7) is 7.51. The number of thioether (sulfide) groups is 1. The molecule has 0 aromatic rings. The summed E-state index contributed by atoms with van der Waals surface area (Å²) in [6.07, 6.45) is 8.53. The summed E-state index contributed by atoms with van der Waals surface area (Å²) in [5.74, 6) is 0.819. The van der Waals surface area contributed by atoms with Crippen molar-refractivity contribution in [2.24, 2.45) is 0 Å². The SMILES string of the molecule is CCCCCCCC(=O)SCCC[Si]1(OCC)OCC(CC)NO1. The highest BCUT2D eigenvalue weighted by molar-refractivity contribution is 8.13. The maximum absolute atomic E-state index is 11.9. The van der Waals surface area contributed by atoms with E-state index in [1.807, 2.05) is 6.92 Å². The van der Waals surface area contributed by atoms with Crippen LogP contribution in [-0.2, 0) is 18.2 Å². The highest BCUT2D eigenvalue weighted by Crippen LogP contribution is 2.23. The largest absolute Gasteiger partial charge is 0.517 e. The van der Waals surface area contributed by atoms with E-state index in [1.54, 1.807) is 0 Å². The van der Waals surface area contributed by atoms with Gasteiger partial charge >= 0.3 is 8.80 Å². The minimum atomic E-state index is -2.59. The van der Waals surface area contributed by atoms with E-state index in [0.717, 1.165) is 31.1 Å². The molecule has 0 amide bonds. The van der Waals surface area contributed by atoms with Crippen LogP contribution in [0.25, 0.3) is 0 Å². The summed E-state index contributed by atoms with van der Waals surface area (Å²) in [6, 6.07) is 1.01. The van der Waals surface area contributed by atoms with Crippen molar-refractivity contribution in [2.75, 3.05) is 19.0 Å². The van der Waals surface area contributed by atoms with Gasteiger partial charge in [-0.1, -0.05) is 51.3 Å². The van der Waals surface area contributed by atoms with Crippen LogP contribution in [0.2, 0.25) is 6.04 Å². The van der Waals surface area contributed by atoms with Gasteiger partial charge in [0.15, 0.2) is 5.12 Å². The number of hydroxylamine groups is 1. The molecule has 0 radical (unpaired) electrons. The van der Waals surface area contributed by atoms with Gasteiger partial charge in [0.05, 0.1) is 12.6 Å². The molecule has 0 spiro atoms. The zero-order chi connectivity index (χ0) is 17.7. The lowest BCUT2D eigenvalue weighted by molar-refractivity contribution is -0.111. The topological polar surface area (TPSA) is 56.8 Å². The van der Waals surface area contributed by atoms with Gasteiger partial charge in [-0.15, -0.1) is 0 Å². The standard InChI is InChI=1S/C17H35NO4SSi/c1-4-7-8-9-10-12-17(19)23-13-11-14-24(20-6-3)21-15-16(5-2)18-22-24/h16,18H,4-15H2,1-3H3. The smallest absolute Gasteiger partial charge is 0.373 e. The Morgan fingerprint density at radius 3 is 2.62 bits per heavy atom. The molecule has 1 N–H and O–H groups in total. The first-order chi connectivity index (χ1) is 11.7.